The standard InChI is InChI=1S/C19H20N2O2/c1-4-9-20-16(5-2)13-23-18-12-15(17(22)6-3)11-14-8-7-10-21-19(14)18/h4-12,22H,2,13H2,1,3H3/b9-4-,17-6-,20-16?. The zero-order valence-corrected chi connectivity index (χ0v) is 13.4. The van der Waals surface area contributed by atoms with Crippen molar-refractivity contribution in [1.82, 2.24) is 4.98 Å². The Balaban J connectivity index is 2.40. The van der Waals surface area contributed by atoms with Gasteiger partial charge in [0.15, 0.2) is 0 Å². The van der Waals surface area contributed by atoms with E-state index in [9.17, 15) is 5.11 Å². The van der Waals surface area contributed by atoms with Gasteiger partial charge in [0.2, 0.25) is 0 Å². The number of fused-ring (bicyclic) bond motifs is 1. The van der Waals surface area contributed by atoms with Gasteiger partial charge in [-0.2, -0.15) is 0 Å². The molecule has 0 unspecified atom stereocenters. The van der Waals surface area contributed by atoms with Crippen molar-refractivity contribution in [3.05, 3.63) is 67.0 Å². The van der Waals surface area contributed by atoms with Gasteiger partial charge >= 0.3 is 0 Å². The Morgan fingerprint density at radius 3 is 2.91 bits per heavy atom. The van der Waals surface area contributed by atoms with Crippen LogP contribution in [-0.4, -0.2) is 22.4 Å². The topological polar surface area (TPSA) is 54.7 Å². The van der Waals surface area contributed by atoms with E-state index in [1.54, 1.807) is 37.5 Å². The van der Waals surface area contributed by atoms with Crippen molar-refractivity contribution in [2.75, 3.05) is 6.61 Å². The molecule has 118 valence electrons. The van der Waals surface area contributed by atoms with Gasteiger partial charge in [-0.15, -0.1) is 0 Å². The molecule has 0 aliphatic heterocycles. The normalized spacial score (nSPS) is 12.8. The summed E-state index contributed by atoms with van der Waals surface area (Å²) in [7, 11) is 0. The highest BCUT2D eigenvalue weighted by molar-refractivity contribution is 5.96. The summed E-state index contributed by atoms with van der Waals surface area (Å²) in [6.07, 6.45) is 8.55. The number of pyridine rings is 1. The molecular weight excluding hydrogens is 288 g/mol. The van der Waals surface area contributed by atoms with E-state index >= 15 is 0 Å². The Kier molecular flexibility index (Phi) is 5.69. The number of aliphatic hydroxyl groups excluding tert-OH is 1. The van der Waals surface area contributed by atoms with Crippen molar-refractivity contribution in [3.8, 4) is 5.75 Å². The largest absolute Gasteiger partial charge is 0.508 e. The molecule has 4 nitrogen and oxygen atoms in total. The highest BCUT2D eigenvalue weighted by Gasteiger charge is 2.09. The number of benzene rings is 1. The second-order valence-electron chi connectivity index (χ2n) is 4.82. The lowest BCUT2D eigenvalue weighted by Crippen LogP contribution is -2.09. The average Bonchev–Trinajstić information content (AvgIpc) is 2.60. The summed E-state index contributed by atoms with van der Waals surface area (Å²) in [5.74, 6) is 0.800. The number of nitrogens with zero attached hydrogens (tertiary/aromatic N) is 2. The second kappa shape index (κ2) is 7.94. The molecule has 0 aliphatic carbocycles. The maximum absolute atomic E-state index is 9.99. The number of aliphatic hydroxyl groups is 1. The first-order valence-electron chi connectivity index (χ1n) is 7.37. The highest BCUT2D eigenvalue weighted by Crippen LogP contribution is 2.28. The summed E-state index contributed by atoms with van der Waals surface area (Å²) >= 11 is 0. The fraction of sp³-hybridized carbons (Fsp3) is 0.158. The molecule has 0 atom stereocenters. The van der Waals surface area contributed by atoms with Gasteiger partial charge in [0.05, 0.1) is 5.71 Å². The van der Waals surface area contributed by atoms with Crippen LogP contribution in [0.4, 0.5) is 0 Å². The maximum Gasteiger partial charge on any atom is 0.146 e. The molecule has 1 aromatic heterocycles. The minimum atomic E-state index is 0.201. The average molecular weight is 308 g/mol. The molecule has 0 saturated heterocycles. The number of allylic oxidation sites excluding steroid dienone is 2. The van der Waals surface area contributed by atoms with Crippen molar-refractivity contribution in [2.24, 2.45) is 4.99 Å². The zero-order chi connectivity index (χ0) is 16.7. The minimum absolute atomic E-state index is 0.201. The van der Waals surface area contributed by atoms with E-state index in [-0.39, 0.29) is 12.4 Å². The Morgan fingerprint density at radius 1 is 1.39 bits per heavy atom. The lowest BCUT2D eigenvalue weighted by molar-refractivity contribution is 0.380. The molecule has 23 heavy (non-hydrogen) atoms. The summed E-state index contributed by atoms with van der Waals surface area (Å²) in [5, 5.41) is 10.9. The minimum Gasteiger partial charge on any atom is -0.508 e. The van der Waals surface area contributed by atoms with Crippen LogP contribution in [0.5, 0.6) is 5.75 Å². The first kappa shape index (κ1) is 16.5. The Bertz CT molecular complexity index is 789. The quantitative estimate of drug-likeness (QED) is 0.622. The third-order valence-electron chi connectivity index (χ3n) is 3.24. The van der Waals surface area contributed by atoms with E-state index in [0.29, 0.717) is 17.0 Å². The molecule has 0 aliphatic rings. The van der Waals surface area contributed by atoms with Crippen LogP contribution >= 0.6 is 0 Å². The van der Waals surface area contributed by atoms with Crippen LogP contribution < -0.4 is 4.74 Å². The van der Waals surface area contributed by atoms with E-state index in [1.165, 1.54) is 0 Å². The maximum atomic E-state index is 9.99. The third kappa shape index (κ3) is 4.07. The SMILES string of the molecule is C=CC(COc1cc(/C(O)=C/C)cc2cccnc12)=N/C=C\C. The number of aromatic nitrogens is 1. The monoisotopic (exact) mass is 308 g/mol. The molecule has 0 fully saturated rings. The zero-order valence-electron chi connectivity index (χ0n) is 13.4. The smallest absolute Gasteiger partial charge is 0.146 e. The van der Waals surface area contributed by atoms with E-state index in [0.717, 1.165) is 10.9 Å². The first-order chi connectivity index (χ1) is 11.2. The summed E-state index contributed by atoms with van der Waals surface area (Å²) in [5.41, 5.74) is 2.15. The summed E-state index contributed by atoms with van der Waals surface area (Å²) < 4.78 is 5.87. The molecular formula is C19H20N2O2. The van der Waals surface area contributed by atoms with Gasteiger partial charge in [-0.05, 0) is 44.2 Å². The van der Waals surface area contributed by atoms with Crippen molar-refractivity contribution in [1.29, 1.82) is 0 Å². The van der Waals surface area contributed by atoms with Crippen LogP contribution in [0.15, 0.2) is 66.5 Å². The van der Waals surface area contributed by atoms with E-state index < -0.39 is 0 Å². The summed E-state index contributed by atoms with van der Waals surface area (Å²) in [6, 6.07) is 7.45. The lowest BCUT2D eigenvalue weighted by Gasteiger charge is -2.11. The molecule has 0 bridgehead atoms. The van der Waals surface area contributed by atoms with Crippen LogP contribution in [0.25, 0.3) is 16.7 Å². The Hall–Kier alpha value is -2.88. The Morgan fingerprint density at radius 2 is 2.22 bits per heavy atom. The number of hydrogen-bond acceptors (Lipinski definition) is 4. The molecule has 1 N–H and O–H groups in total. The summed E-state index contributed by atoms with van der Waals surface area (Å²) in [6.45, 7) is 7.69. The number of rotatable bonds is 6. The molecule has 0 amide bonds. The van der Waals surface area contributed by atoms with Crippen LogP contribution in [0.1, 0.15) is 19.4 Å². The van der Waals surface area contributed by atoms with Crippen molar-refractivity contribution >= 4 is 22.4 Å². The van der Waals surface area contributed by atoms with E-state index in [2.05, 4.69) is 16.6 Å². The van der Waals surface area contributed by atoms with Crippen molar-refractivity contribution in [2.45, 2.75) is 13.8 Å². The molecule has 0 saturated carbocycles. The lowest BCUT2D eigenvalue weighted by atomic mass is 10.1. The van der Waals surface area contributed by atoms with E-state index in [1.807, 2.05) is 31.2 Å². The predicted octanol–water partition coefficient (Wildman–Crippen LogP) is 4.69. The first-order valence-corrected chi connectivity index (χ1v) is 7.37. The third-order valence-corrected chi connectivity index (χ3v) is 3.24. The van der Waals surface area contributed by atoms with Crippen LogP contribution in [0.3, 0.4) is 0 Å². The number of ether oxygens (including phenoxy) is 1. The van der Waals surface area contributed by atoms with Gasteiger partial charge in [0.25, 0.3) is 0 Å². The van der Waals surface area contributed by atoms with Crippen LogP contribution in [0, 0.1) is 0 Å². The fourth-order valence-electron chi connectivity index (χ4n) is 2.05. The molecule has 2 rings (SSSR count). The molecule has 0 spiro atoms. The summed E-state index contributed by atoms with van der Waals surface area (Å²) in [4.78, 5) is 8.61. The van der Waals surface area contributed by atoms with Gasteiger partial charge in [0.1, 0.15) is 23.6 Å². The molecule has 4 heteroatoms. The fourth-order valence-corrected chi connectivity index (χ4v) is 2.05. The van der Waals surface area contributed by atoms with Gasteiger partial charge in [-0.1, -0.05) is 18.7 Å². The predicted molar refractivity (Wildman–Crippen MR) is 96.0 cm³/mol. The van der Waals surface area contributed by atoms with E-state index in [4.69, 9.17) is 4.74 Å². The highest BCUT2D eigenvalue weighted by atomic mass is 16.5. The molecule has 0 radical (unpaired) electrons. The van der Waals surface area contributed by atoms with Gasteiger partial charge in [-0.3, -0.25) is 9.98 Å². The Labute approximate surface area is 136 Å². The number of aliphatic imine (C=N–C) groups is 1. The molecule has 1 heterocycles. The van der Waals surface area contributed by atoms with Crippen molar-refractivity contribution < 1.29 is 9.84 Å². The second-order valence-corrected chi connectivity index (χ2v) is 4.82. The van der Waals surface area contributed by atoms with Gasteiger partial charge < -0.3 is 9.84 Å². The molecule has 1 aromatic carbocycles. The van der Waals surface area contributed by atoms with Crippen LogP contribution in [0.2, 0.25) is 0 Å². The molecule has 2 aromatic rings. The number of hydrogen-bond donors (Lipinski definition) is 1. The van der Waals surface area contributed by atoms with Gasteiger partial charge in [-0.25, -0.2) is 0 Å². The van der Waals surface area contributed by atoms with Gasteiger partial charge in [0, 0.05) is 23.3 Å². The van der Waals surface area contributed by atoms with Crippen LogP contribution in [-0.2, 0) is 0 Å². The van der Waals surface area contributed by atoms with Crippen molar-refractivity contribution in [3.63, 3.8) is 0 Å².